The minimum absolute atomic E-state index is 0.180. The number of thiocarbonyl (C=S) groups is 1. The Morgan fingerprint density at radius 3 is 3.00 bits per heavy atom. The van der Waals surface area contributed by atoms with Crippen molar-refractivity contribution >= 4 is 22.9 Å². The quantitative estimate of drug-likeness (QED) is 0.808. The molecule has 2 aromatic rings. The van der Waals surface area contributed by atoms with Gasteiger partial charge in [0, 0.05) is 36.7 Å². The van der Waals surface area contributed by atoms with Crippen LogP contribution in [0, 0.1) is 5.82 Å². The van der Waals surface area contributed by atoms with Crippen molar-refractivity contribution in [2.75, 3.05) is 11.9 Å². The molecule has 0 bridgehead atoms. The van der Waals surface area contributed by atoms with E-state index < -0.39 is 0 Å². The fourth-order valence-electron chi connectivity index (χ4n) is 1.61. The van der Waals surface area contributed by atoms with Gasteiger partial charge in [-0.05, 0) is 18.2 Å². The summed E-state index contributed by atoms with van der Waals surface area (Å²) in [7, 11) is 0. The predicted octanol–water partition coefficient (Wildman–Crippen LogP) is 1.77. The minimum Gasteiger partial charge on any atom is -0.389 e. The Hall–Kier alpha value is -1.95. The number of imidazole rings is 1. The molecule has 4 nitrogen and oxygen atoms in total. The van der Waals surface area contributed by atoms with E-state index in [1.807, 2.05) is 10.8 Å². The van der Waals surface area contributed by atoms with Gasteiger partial charge >= 0.3 is 0 Å². The van der Waals surface area contributed by atoms with Crippen LogP contribution < -0.4 is 11.1 Å². The van der Waals surface area contributed by atoms with Crippen LogP contribution in [0.25, 0.3) is 0 Å². The van der Waals surface area contributed by atoms with Gasteiger partial charge in [-0.25, -0.2) is 9.37 Å². The number of nitrogens with one attached hydrogen (secondary N) is 1. The number of benzene rings is 1. The summed E-state index contributed by atoms with van der Waals surface area (Å²) in [5, 5.41) is 3.18. The summed E-state index contributed by atoms with van der Waals surface area (Å²) >= 11 is 4.90. The molecule has 0 saturated carbocycles. The van der Waals surface area contributed by atoms with Gasteiger partial charge < -0.3 is 15.6 Å². The third-order valence-corrected chi connectivity index (χ3v) is 2.71. The molecule has 18 heavy (non-hydrogen) atoms. The molecule has 0 aliphatic rings. The van der Waals surface area contributed by atoms with Crippen molar-refractivity contribution in [3.05, 3.63) is 48.3 Å². The first-order valence-corrected chi connectivity index (χ1v) is 5.86. The number of anilines is 1. The van der Waals surface area contributed by atoms with Crippen molar-refractivity contribution < 1.29 is 4.39 Å². The van der Waals surface area contributed by atoms with E-state index in [0.29, 0.717) is 12.1 Å². The topological polar surface area (TPSA) is 55.9 Å². The molecule has 0 radical (unpaired) electrons. The molecule has 0 fully saturated rings. The van der Waals surface area contributed by atoms with Crippen molar-refractivity contribution in [1.29, 1.82) is 0 Å². The summed E-state index contributed by atoms with van der Waals surface area (Å²) in [5.74, 6) is -0.349. The van der Waals surface area contributed by atoms with Gasteiger partial charge in [0.25, 0.3) is 0 Å². The highest BCUT2D eigenvalue weighted by Gasteiger charge is 2.06. The lowest BCUT2D eigenvalue weighted by Gasteiger charge is -2.11. The molecule has 2 rings (SSSR count). The second-order valence-electron chi connectivity index (χ2n) is 3.78. The largest absolute Gasteiger partial charge is 0.389 e. The normalized spacial score (nSPS) is 10.3. The number of nitrogens with two attached hydrogens (primary N) is 1. The predicted molar refractivity (Wildman–Crippen MR) is 73.0 cm³/mol. The molecule has 0 spiro atoms. The summed E-state index contributed by atoms with van der Waals surface area (Å²) in [6, 6.07) is 4.35. The van der Waals surface area contributed by atoms with Crippen molar-refractivity contribution in [2.45, 2.75) is 6.54 Å². The van der Waals surface area contributed by atoms with Crippen LogP contribution in [0.1, 0.15) is 5.56 Å². The molecule has 1 aromatic carbocycles. The SMILES string of the molecule is NC(=S)c1cc(F)ccc1NCCn1ccnc1. The van der Waals surface area contributed by atoms with Gasteiger partial charge in [0.15, 0.2) is 0 Å². The number of halogens is 1. The van der Waals surface area contributed by atoms with Crippen LogP contribution in [-0.2, 0) is 6.54 Å². The number of rotatable bonds is 5. The first-order valence-electron chi connectivity index (χ1n) is 5.46. The second-order valence-corrected chi connectivity index (χ2v) is 4.22. The molecule has 1 heterocycles. The van der Waals surface area contributed by atoms with E-state index in [2.05, 4.69) is 10.3 Å². The zero-order valence-corrected chi connectivity index (χ0v) is 10.5. The van der Waals surface area contributed by atoms with E-state index in [4.69, 9.17) is 18.0 Å². The fourth-order valence-corrected chi connectivity index (χ4v) is 1.78. The average Bonchev–Trinajstić information content (AvgIpc) is 2.84. The average molecular weight is 264 g/mol. The highest BCUT2D eigenvalue weighted by Crippen LogP contribution is 2.16. The van der Waals surface area contributed by atoms with Gasteiger partial charge in [-0.3, -0.25) is 0 Å². The third-order valence-electron chi connectivity index (χ3n) is 2.49. The summed E-state index contributed by atoms with van der Waals surface area (Å²) in [5.41, 5.74) is 6.82. The number of nitrogens with zero attached hydrogens (tertiary/aromatic N) is 2. The molecule has 0 unspecified atom stereocenters. The van der Waals surface area contributed by atoms with Crippen LogP contribution in [-0.4, -0.2) is 21.1 Å². The van der Waals surface area contributed by atoms with Crippen LogP contribution in [0.4, 0.5) is 10.1 Å². The van der Waals surface area contributed by atoms with Crippen LogP contribution in [0.15, 0.2) is 36.9 Å². The maximum atomic E-state index is 13.1. The lowest BCUT2D eigenvalue weighted by molar-refractivity contribution is 0.627. The Balaban J connectivity index is 2.02. The Labute approximate surface area is 110 Å². The first-order chi connectivity index (χ1) is 8.66. The summed E-state index contributed by atoms with van der Waals surface area (Å²) < 4.78 is 15.0. The van der Waals surface area contributed by atoms with Gasteiger partial charge in [-0.1, -0.05) is 12.2 Å². The van der Waals surface area contributed by atoms with Crippen molar-refractivity contribution in [3.8, 4) is 0 Å². The van der Waals surface area contributed by atoms with Crippen molar-refractivity contribution in [1.82, 2.24) is 9.55 Å². The Kier molecular flexibility index (Phi) is 3.88. The summed E-state index contributed by atoms with van der Waals surface area (Å²) in [6.45, 7) is 1.44. The molecule has 3 N–H and O–H groups in total. The van der Waals surface area contributed by atoms with Crippen molar-refractivity contribution in [2.24, 2.45) is 5.73 Å². The third kappa shape index (κ3) is 3.04. The van der Waals surface area contributed by atoms with E-state index in [1.165, 1.54) is 12.1 Å². The van der Waals surface area contributed by atoms with Gasteiger partial charge in [0.2, 0.25) is 0 Å². The number of hydrogen-bond acceptors (Lipinski definition) is 3. The zero-order valence-electron chi connectivity index (χ0n) is 9.64. The van der Waals surface area contributed by atoms with Crippen LogP contribution >= 0.6 is 12.2 Å². The molecule has 0 aliphatic heterocycles. The molecule has 94 valence electrons. The molecular formula is C12H13FN4S. The molecule has 0 atom stereocenters. The highest BCUT2D eigenvalue weighted by molar-refractivity contribution is 7.80. The zero-order chi connectivity index (χ0) is 13.0. The molecular weight excluding hydrogens is 251 g/mol. The maximum Gasteiger partial charge on any atom is 0.124 e. The lowest BCUT2D eigenvalue weighted by atomic mass is 10.1. The molecule has 1 aromatic heterocycles. The Morgan fingerprint density at radius 1 is 1.50 bits per heavy atom. The van der Waals surface area contributed by atoms with Crippen LogP contribution in [0.2, 0.25) is 0 Å². The molecule has 6 heteroatoms. The summed E-state index contributed by atoms with van der Waals surface area (Å²) in [6.07, 6.45) is 5.33. The van der Waals surface area contributed by atoms with Crippen molar-refractivity contribution in [3.63, 3.8) is 0 Å². The Morgan fingerprint density at radius 2 is 2.33 bits per heavy atom. The van der Waals surface area contributed by atoms with Gasteiger partial charge in [-0.15, -0.1) is 0 Å². The molecule has 0 amide bonds. The standard InChI is InChI=1S/C12H13FN4S/c13-9-1-2-11(10(7-9)12(14)18)16-4-6-17-5-3-15-8-17/h1-3,5,7-8,16H,4,6H2,(H2,14,18). The lowest BCUT2D eigenvalue weighted by Crippen LogP contribution is -2.16. The van der Waals surface area contributed by atoms with E-state index in [1.54, 1.807) is 18.6 Å². The highest BCUT2D eigenvalue weighted by atomic mass is 32.1. The van der Waals surface area contributed by atoms with E-state index in [9.17, 15) is 4.39 Å². The Bertz CT molecular complexity index is 539. The number of aromatic nitrogens is 2. The van der Waals surface area contributed by atoms with Gasteiger partial charge in [-0.2, -0.15) is 0 Å². The van der Waals surface area contributed by atoms with E-state index in [0.717, 1.165) is 12.2 Å². The van der Waals surface area contributed by atoms with Crippen LogP contribution in [0.3, 0.4) is 0 Å². The maximum absolute atomic E-state index is 13.1. The first kappa shape index (κ1) is 12.5. The molecule has 0 saturated heterocycles. The monoisotopic (exact) mass is 264 g/mol. The summed E-state index contributed by atoms with van der Waals surface area (Å²) in [4.78, 5) is 4.13. The van der Waals surface area contributed by atoms with E-state index >= 15 is 0 Å². The number of hydrogen-bond donors (Lipinski definition) is 2. The van der Waals surface area contributed by atoms with Gasteiger partial charge in [0.05, 0.1) is 6.33 Å². The molecule has 0 aliphatic carbocycles. The second kappa shape index (κ2) is 5.59. The van der Waals surface area contributed by atoms with Crippen LogP contribution in [0.5, 0.6) is 0 Å². The van der Waals surface area contributed by atoms with Gasteiger partial charge in [0.1, 0.15) is 10.8 Å². The fraction of sp³-hybridized carbons (Fsp3) is 0.167. The van der Waals surface area contributed by atoms with E-state index in [-0.39, 0.29) is 10.8 Å². The minimum atomic E-state index is -0.349. The smallest absolute Gasteiger partial charge is 0.124 e.